The number of rotatable bonds is 4. The molecule has 0 unspecified atom stereocenters. The summed E-state index contributed by atoms with van der Waals surface area (Å²) in [5.41, 5.74) is 0.878. The van der Waals surface area contributed by atoms with Crippen molar-refractivity contribution in [3.05, 3.63) is 52.1 Å². The molecular weight excluding hydrogens is 271 g/mol. The first-order chi connectivity index (χ1) is 8.72. The molecule has 5 heteroatoms. The molecule has 18 heavy (non-hydrogen) atoms. The standard InChI is InChI=1S/C13H12Cl2N2O/c1-18-12-6-2-4-10(14)9(12)8-17-13-11(15)5-3-7-16-13/h2-7H,8H2,1H3,(H,16,17). The number of halogens is 2. The highest BCUT2D eigenvalue weighted by atomic mass is 35.5. The summed E-state index contributed by atoms with van der Waals surface area (Å²) >= 11 is 12.2. The van der Waals surface area contributed by atoms with Crippen molar-refractivity contribution < 1.29 is 4.74 Å². The maximum absolute atomic E-state index is 6.14. The lowest BCUT2D eigenvalue weighted by Crippen LogP contribution is -2.04. The number of aromatic nitrogens is 1. The second-order valence-electron chi connectivity index (χ2n) is 3.61. The van der Waals surface area contributed by atoms with Gasteiger partial charge in [0.1, 0.15) is 11.6 Å². The van der Waals surface area contributed by atoms with Gasteiger partial charge in [0.15, 0.2) is 0 Å². The minimum atomic E-state index is 0.500. The van der Waals surface area contributed by atoms with Gasteiger partial charge in [-0.3, -0.25) is 0 Å². The number of nitrogens with zero attached hydrogens (tertiary/aromatic N) is 1. The number of benzene rings is 1. The fourth-order valence-electron chi connectivity index (χ4n) is 1.59. The van der Waals surface area contributed by atoms with E-state index in [0.29, 0.717) is 22.4 Å². The Labute approximate surface area is 116 Å². The summed E-state index contributed by atoms with van der Waals surface area (Å²) < 4.78 is 5.27. The van der Waals surface area contributed by atoms with Crippen LogP contribution >= 0.6 is 23.2 Å². The molecule has 0 aliphatic heterocycles. The normalized spacial score (nSPS) is 10.2. The molecule has 0 atom stereocenters. The molecule has 2 rings (SSSR count). The van der Waals surface area contributed by atoms with Crippen molar-refractivity contribution in [2.75, 3.05) is 12.4 Å². The Bertz CT molecular complexity index is 546. The number of methoxy groups -OCH3 is 1. The van der Waals surface area contributed by atoms with Crippen LogP contribution in [0, 0.1) is 0 Å². The molecule has 0 fully saturated rings. The number of anilines is 1. The van der Waals surface area contributed by atoms with Gasteiger partial charge in [0, 0.05) is 23.3 Å². The van der Waals surface area contributed by atoms with Gasteiger partial charge in [-0.05, 0) is 24.3 Å². The Hall–Kier alpha value is -1.45. The molecule has 94 valence electrons. The van der Waals surface area contributed by atoms with Crippen molar-refractivity contribution in [1.82, 2.24) is 4.98 Å². The van der Waals surface area contributed by atoms with E-state index in [4.69, 9.17) is 27.9 Å². The van der Waals surface area contributed by atoms with Crippen molar-refractivity contribution in [1.29, 1.82) is 0 Å². The van der Waals surface area contributed by atoms with Gasteiger partial charge >= 0.3 is 0 Å². The zero-order chi connectivity index (χ0) is 13.0. The van der Waals surface area contributed by atoms with E-state index >= 15 is 0 Å². The van der Waals surface area contributed by atoms with Gasteiger partial charge < -0.3 is 10.1 Å². The first-order valence-electron chi connectivity index (χ1n) is 5.38. The van der Waals surface area contributed by atoms with Gasteiger partial charge in [-0.25, -0.2) is 4.98 Å². The zero-order valence-corrected chi connectivity index (χ0v) is 11.3. The van der Waals surface area contributed by atoms with Crippen LogP contribution in [0.1, 0.15) is 5.56 Å². The van der Waals surface area contributed by atoms with Crippen LogP contribution in [0.4, 0.5) is 5.82 Å². The van der Waals surface area contributed by atoms with Crippen LogP contribution in [0.25, 0.3) is 0 Å². The van der Waals surface area contributed by atoms with E-state index in [1.807, 2.05) is 18.2 Å². The van der Waals surface area contributed by atoms with Crippen LogP contribution in [-0.2, 0) is 6.54 Å². The quantitative estimate of drug-likeness (QED) is 0.920. The minimum Gasteiger partial charge on any atom is -0.496 e. The lowest BCUT2D eigenvalue weighted by atomic mass is 10.2. The molecule has 1 aromatic heterocycles. The van der Waals surface area contributed by atoms with Crippen molar-refractivity contribution in [3.63, 3.8) is 0 Å². The van der Waals surface area contributed by atoms with E-state index in [1.54, 1.807) is 25.4 Å². The topological polar surface area (TPSA) is 34.1 Å². The predicted octanol–water partition coefficient (Wildman–Crippen LogP) is 4.01. The molecule has 0 aliphatic rings. The molecule has 0 amide bonds. The predicted molar refractivity (Wildman–Crippen MR) is 74.6 cm³/mol. The van der Waals surface area contributed by atoms with Crippen molar-refractivity contribution in [2.24, 2.45) is 0 Å². The fourth-order valence-corrected chi connectivity index (χ4v) is 2.01. The lowest BCUT2D eigenvalue weighted by Gasteiger charge is -2.12. The maximum Gasteiger partial charge on any atom is 0.145 e. The lowest BCUT2D eigenvalue weighted by molar-refractivity contribution is 0.410. The third-order valence-electron chi connectivity index (χ3n) is 2.49. The molecule has 0 aliphatic carbocycles. The van der Waals surface area contributed by atoms with E-state index in [0.717, 1.165) is 11.3 Å². The summed E-state index contributed by atoms with van der Waals surface area (Å²) in [5, 5.41) is 4.36. The van der Waals surface area contributed by atoms with Crippen molar-refractivity contribution in [3.8, 4) is 5.75 Å². The van der Waals surface area contributed by atoms with Crippen LogP contribution < -0.4 is 10.1 Å². The number of hydrogen-bond acceptors (Lipinski definition) is 3. The van der Waals surface area contributed by atoms with Crippen LogP contribution in [0.3, 0.4) is 0 Å². The minimum absolute atomic E-state index is 0.500. The molecular formula is C13H12Cl2N2O. The van der Waals surface area contributed by atoms with E-state index in [1.165, 1.54) is 0 Å². The molecule has 2 aromatic rings. The Morgan fingerprint density at radius 1 is 1.17 bits per heavy atom. The molecule has 0 spiro atoms. The Morgan fingerprint density at radius 2 is 1.94 bits per heavy atom. The smallest absolute Gasteiger partial charge is 0.145 e. The van der Waals surface area contributed by atoms with Gasteiger partial charge in [0.05, 0.1) is 12.1 Å². The number of hydrogen-bond donors (Lipinski definition) is 1. The average Bonchev–Trinajstić information content (AvgIpc) is 2.39. The molecule has 1 N–H and O–H groups in total. The molecule has 1 aromatic carbocycles. The number of ether oxygens (including phenoxy) is 1. The van der Waals surface area contributed by atoms with E-state index in [2.05, 4.69) is 10.3 Å². The van der Waals surface area contributed by atoms with Gasteiger partial charge in [0.2, 0.25) is 0 Å². The Balaban J connectivity index is 2.18. The van der Waals surface area contributed by atoms with Crippen molar-refractivity contribution in [2.45, 2.75) is 6.54 Å². The SMILES string of the molecule is COc1cccc(Cl)c1CNc1ncccc1Cl. The summed E-state index contributed by atoms with van der Waals surface area (Å²) in [7, 11) is 1.61. The highest BCUT2D eigenvalue weighted by molar-refractivity contribution is 6.33. The molecule has 0 saturated heterocycles. The van der Waals surface area contributed by atoms with Crippen LogP contribution in [-0.4, -0.2) is 12.1 Å². The second-order valence-corrected chi connectivity index (χ2v) is 4.42. The first-order valence-corrected chi connectivity index (χ1v) is 6.13. The summed E-state index contributed by atoms with van der Waals surface area (Å²) in [6.45, 7) is 0.500. The van der Waals surface area contributed by atoms with Crippen molar-refractivity contribution >= 4 is 29.0 Å². The van der Waals surface area contributed by atoms with Gasteiger partial charge in [-0.2, -0.15) is 0 Å². The summed E-state index contributed by atoms with van der Waals surface area (Å²) in [4.78, 5) is 4.15. The highest BCUT2D eigenvalue weighted by Crippen LogP contribution is 2.27. The van der Waals surface area contributed by atoms with E-state index < -0.39 is 0 Å². The molecule has 0 radical (unpaired) electrons. The number of pyridine rings is 1. The largest absolute Gasteiger partial charge is 0.496 e. The Morgan fingerprint density at radius 3 is 2.67 bits per heavy atom. The third-order valence-corrected chi connectivity index (χ3v) is 3.15. The van der Waals surface area contributed by atoms with Crippen LogP contribution in [0.5, 0.6) is 5.75 Å². The molecule has 3 nitrogen and oxygen atoms in total. The first kappa shape index (κ1) is 13.0. The maximum atomic E-state index is 6.14. The van der Waals surface area contributed by atoms with Crippen LogP contribution in [0.15, 0.2) is 36.5 Å². The summed E-state index contributed by atoms with van der Waals surface area (Å²) in [6.07, 6.45) is 1.68. The molecule has 1 heterocycles. The van der Waals surface area contributed by atoms with Gasteiger partial charge in [0.25, 0.3) is 0 Å². The second kappa shape index (κ2) is 5.94. The fraction of sp³-hybridized carbons (Fsp3) is 0.154. The number of nitrogens with one attached hydrogen (secondary N) is 1. The summed E-state index contributed by atoms with van der Waals surface area (Å²) in [6, 6.07) is 9.09. The molecule has 0 bridgehead atoms. The van der Waals surface area contributed by atoms with Crippen LogP contribution in [0.2, 0.25) is 10.0 Å². The van der Waals surface area contributed by atoms with Gasteiger partial charge in [-0.15, -0.1) is 0 Å². The summed E-state index contributed by atoms with van der Waals surface area (Å²) in [5.74, 6) is 1.36. The highest BCUT2D eigenvalue weighted by Gasteiger charge is 2.08. The van der Waals surface area contributed by atoms with Gasteiger partial charge in [-0.1, -0.05) is 29.3 Å². The van der Waals surface area contributed by atoms with E-state index in [9.17, 15) is 0 Å². The Kier molecular flexibility index (Phi) is 4.28. The monoisotopic (exact) mass is 282 g/mol. The zero-order valence-electron chi connectivity index (χ0n) is 9.78. The third kappa shape index (κ3) is 2.86. The average molecular weight is 283 g/mol. The molecule has 0 saturated carbocycles. The van der Waals surface area contributed by atoms with E-state index in [-0.39, 0.29) is 0 Å².